The highest BCUT2D eigenvalue weighted by molar-refractivity contribution is 7.59. The molecule has 3 heteroatoms. The average Bonchev–Trinajstić information content (AvgIpc) is 2.39. The van der Waals surface area contributed by atoms with E-state index in [-0.39, 0.29) is 11.3 Å². The zero-order valence-corrected chi connectivity index (χ0v) is 14.4. The summed E-state index contributed by atoms with van der Waals surface area (Å²) in [6, 6.07) is 0. The van der Waals surface area contributed by atoms with Crippen molar-refractivity contribution in [3.05, 3.63) is 0 Å². The van der Waals surface area contributed by atoms with E-state index in [1.807, 2.05) is 0 Å². The molecule has 0 amide bonds. The van der Waals surface area contributed by atoms with Gasteiger partial charge >= 0.3 is 0 Å². The van der Waals surface area contributed by atoms with E-state index in [0.29, 0.717) is 0 Å². The molecule has 0 fully saturated rings. The summed E-state index contributed by atoms with van der Waals surface area (Å²) in [7, 11) is -2.99. The smallest absolute Gasteiger partial charge is 0.206 e. The van der Waals surface area contributed by atoms with E-state index >= 15 is 0 Å². The predicted molar refractivity (Wildman–Crippen MR) is 86.3 cm³/mol. The zero-order chi connectivity index (χ0) is 14.7. The van der Waals surface area contributed by atoms with Gasteiger partial charge in [0.1, 0.15) is 0 Å². The molecule has 0 aromatic carbocycles. The first kappa shape index (κ1) is 19.2. The van der Waals surface area contributed by atoms with E-state index in [2.05, 4.69) is 27.7 Å². The first-order valence-corrected chi connectivity index (χ1v) is 10.2. The van der Waals surface area contributed by atoms with Gasteiger partial charge in [-0.05, 0) is 25.7 Å². The van der Waals surface area contributed by atoms with Gasteiger partial charge in [-0.3, -0.25) is 4.57 Å². The molecule has 19 heavy (non-hydrogen) atoms. The topological polar surface area (TPSA) is 37.3 Å². The van der Waals surface area contributed by atoms with Crippen LogP contribution in [0, 0.1) is 0 Å². The lowest BCUT2D eigenvalue weighted by atomic mass is 10.1. The number of hydrogen-bond acceptors (Lipinski definition) is 1. The van der Waals surface area contributed by atoms with Crippen molar-refractivity contribution in [2.24, 2.45) is 0 Å². The Kier molecular flexibility index (Phi) is 11.0. The molecule has 0 aromatic rings. The van der Waals surface area contributed by atoms with E-state index in [4.69, 9.17) is 0 Å². The van der Waals surface area contributed by atoms with Crippen LogP contribution in [-0.4, -0.2) is 16.2 Å². The summed E-state index contributed by atoms with van der Waals surface area (Å²) in [4.78, 5) is 10.6. The Hall–Kier alpha value is 0.190. The van der Waals surface area contributed by atoms with Gasteiger partial charge < -0.3 is 4.89 Å². The molecule has 0 aliphatic heterocycles. The Morgan fingerprint density at radius 1 is 0.789 bits per heavy atom. The molecule has 2 atom stereocenters. The molecule has 0 saturated heterocycles. The van der Waals surface area contributed by atoms with Gasteiger partial charge in [-0.1, -0.05) is 66.2 Å². The lowest BCUT2D eigenvalue weighted by molar-refractivity contribution is 0.424. The lowest BCUT2D eigenvalue weighted by Gasteiger charge is -2.29. The third-order valence-corrected chi connectivity index (χ3v) is 7.61. The van der Waals surface area contributed by atoms with Gasteiger partial charge in [0.25, 0.3) is 0 Å². The van der Waals surface area contributed by atoms with Crippen molar-refractivity contribution in [2.45, 2.75) is 103 Å². The minimum Gasteiger partial charge on any atom is -0.344 e. The third kappa shape index (κ3) is 6.95. The van der Waals surface area contributed by atoms with Crippen molar-refractivity contribution in [3.63, 3.8) is 0 Å². The molecule has 0 radical (unpaired) electrons. The fourth-order valence-electron chi connectivity index (χ4n) is 2.86. The lowest BCUT2D eigenvalue weighted by Crippen LogP contribution is -2.18. The largest absolute Gasteiger partial charge is 0.344 e. The van der Waals surface area contributed by atoms with Gasteiger partial charge in [0.05, 0.1) is 0 Å². The van der Waals surface area contributed by atoms with E-state index < -0.39 is 7.37 Å². The second kappa shape index (κ2) is 10.9. The fourth-order valence-corrected chi connectivity index (χ4v) is 5.61. The minimum atomic E-state index is -2.99. The van der Waals surface area contributed by atoms with Crippen LogP contribution in [0.15, 0.2) is 0 Å². The fraction of sp³-hybridized carbons (Fsp3) is 1.00. The molecule has 0 aliphatic rings. The molecule has 2 unspecified atom stereocenters. The van der Waals surface area contributed by atoms with Crippen LogP contribution in [0.1, 0.15) is 91.9 Å². The minimum absolute atomic E-state index is 0.0330. The monoisotopic (exact) mass is 290 g/mol. The van der Waals surface area contributed by atoms with Crippen LogP contribution < -0.4 is 0 Å². The molecular weight excluding hydrogens is 255 g/mol. The molecule has 0 saturated carbocycles. The molecule has 1 N–H and O–H groups in total. The molecule has 0 bridgehead atoms. The summed E-state index contributed by atoms with van der Waals surface area (Å²) >= 11 is 0. The Labute approximate surface area is 120 Å². The molecule has 116 valence electrons. The molecule has 0 rings (SSSR count). The summed E-state index contributed by atoms with van der Waals surface area (Å²) in [5.74, 6) is 0. The summed E-state index contributed by atoms with van der Waals surface area (Å²) in [6.45, 7) is 8.49. The number of rotatable bonds is 12. The predicted octanol–water partition coefficient (Wildman–Crippen LogP) is 5.97. The van der Waals surface area contributed by atoms with Gasteiger partial charge in [0.2, 0.25) is 7.37 Å². The van der Waals surface area contributed by atoms with Gasteiger partial charge in [0.15, 0.2) is 0 Å². The molecular formula is C16H35O2P. The van der Waals surface area contributed by atoms with Crippen LogP contribution in [0.4, 0.5) is 0 Å². The summed E-state index contributed by atoms with van der Waals surface area (Å²) in [5, 5.41) is 0. The van der Waals surface area contributed by atoms with Crippen LogP contribution in [-0.2, 0) is 4.57 Å². The van der Waals surface area contributed by atoms with E-state index in [0.717, 1.165) is 38.5 Å². The average molecular weight is 290 g/mol. The Morgan fingerprint density at radius 2 is 1.16 bits per heavy atom. The number of hydrogen-bond donors (Lipinski definition) is 1. The van der Waals surface area contributed by atoms with Crippen LogP contribution in [0.2, 0.25) is 0 Å². The Bertz CT molecular complexity index is 231. The highest BCUT2D eigenvalue weighted by atomic mass is 31.2. The first-order chi connectivity index (χ1) is 9.04. The summed E-state index contributed by atoms with van der Waals surface area (Å²) in [6.07, 6.45) is 10.5. The normalized spacial score (nSPS) is 17.9. The van der Waals surface area contributed by atoms with Crippen molar-refractivity contribution < 1.29 is 9.46 Å². The van der Waals surface area contributed by atoms with Crippen molar-refractivity contribution in [1.82, 2.24) is 0 Å². The zero-order valence-electron chi connectivity index (χ0n) is 13.5. The van der Waals surface area contributed by atoms with Crippen LogP contribution in [0.25, 0.3) is 0 Å². The maximum atomic E-state index is 12.8. The summed E-state index contributed by atoms with van der Waals surface area (Å²) < 4.78 is 12.8. The van der Waals surface area contributed by atoms with Crippen molar-refractivity contribution >= 4 is 7.37 Å². The molecule has 0 aliphatic carbocycles. The quantitative estimate of drug-likeness (QED) is 0.355. The number of unbranched alkanes of at least 4 members (excludes halogenated alkanes) is 4. The van der Waals surface area contributed by atoms with E-state index in [1.54, 1.807) is 0 Å². The van der Waals surface area contributed by atoms with Crippen LogP contribution >= 0.6 is 7.37 Å². The van der Waals surface area contributed by atoms with Gasteiger partial charge in [-0.25, -0.2) is 0 Å². The SMILES string of the molecule is CCCCCC(CC)P(=O)(O)C(CC)CCCCC. The molecule has 0 heterocycles. The Morgan fingerprint density at radius 3 is 1.42 bits per heavy atom. The van der Waals surface area contributed by atoms with Crippen molar-refractivity contribution in [2.75, 3.05) is 0 Å². The second-order valence-electron chi connectivity index (χ2n) is 5.79. The van der Waals surface area contributed by atoms with Crippen molar-refractivity contribution in [3.8, 4) is 0 Å². The van der Waals surface area contributed by atoms with E-state index in [9.17, 15) is 9.46 Å². The molecule has 0 spiro atoms. The van der Waals surface area contributed by atoms with E-state index in [1.165, 1.54) is 25.7 Å². The summed E-state index contributed by atoms with van der Waals surface area (Å²) in [5.41, 5.74) is 0.0660. The molecule has 2 nitrogen and oxygen atoms in total. The second-order valence-corrected chi connectivity index (χ2v) is 8.59. The highest BCUT2D eigenvalue weighted by Crippen LogP contribution is 2.56. The first-order valence-electron chi connectivity index (χ1n) is 8.36. The third-order valence-electron chi connectivity index (χ3n) is 4.27. The van der Waals surface area contributed by atoms with Crippen LogP contribution in [0.3, 0.4) is 0 Å². The van der Waals surface area contributed by atoms with Gasteiger partial charge in [0, 0.05) is 11.3 Å². The standard InChI is InChI=1S/C16H35O2P/c1-5-9-11-13-15(7-3)19(17,18)16(8-4)14-12-10-6-2/h15-16H,5-14H2,1-4H3,(H,17,18). The highest BCUT2D eigenvalue weighted by Gasteiger charge is 2.35. The van der Waals surface area contributed by atoms with Gasteiger partial charge in [-0.15, -0.1) is 0 Å². The maximum Gasteiger partial charge on any atom is 0.206 e. The Balaban J connectivity index is 4.51. The van der Waals surface area contributed by atoms with Crippen LogP contribution in [0.5, 0.6) is 0 Å². The van der Waals surface area contributed by atoms with Gasteiger partial charge in [-0.2, -0.15) is 0 Å². The maximum absolute atomic E-state index is 12.8. The van der Waals surface area contributed by atoms with Crippen molar-refractivity contribution in [1.29, 1.82) is 0 Å². The molecule has 0 aromatic heterocycles.